The van der Waals surface area contributed by atoms with Crippen molar-refractivity contribution in [2.75, 3.05) is 19.6 Å². The summed E-state index contributed by atoms with van der Waals surface area (Å²) in [6.07, 6.45) is 16.2. The highest BCUT2D eigenvalue weighted by Crippen LogP contribution is 2.28. The first kappa shape index (κ1) is 22.9. The summed E-state index contributed by atoms with van der Waals surface area (Å²) in [6, 6.07) is 0. The van der Waals surface area contributed by atoms with E-state index in [4.69, 9.17) is 15.1 Å². The molecule has 4 aliphatic rings. The van der Waals surface area contributed by atoms with E-state index in [9.17, 15) is 0 Å². The molecule has 0 radical (unpaired) electrons. The number of likely N-dealkylation sites (N-methyl/N-ethyl adjacent to an activating group) is 1. The fourth-order valence-electron chi connectivity index (χ4n) is 3.99. The molecule has 4 aliphatic heterocycles. The molecule has 6 heteroatoms. The molecule has 0 aromatic carbocycles. The van der Waals surface area contributed by atoms with E-state index in [2.05, 4.69) is 58.0 Å². The first-order chi connectivity index (χ1) is 15.9. The van der Waals surface area contributed by atoms with Gasteiger partial charge in [0.2, 0.25) is 0 Å². The Hall–Kier alpha value is -3.25. The van der Waals surface area contributed by atoms with E-state index in [0.29, 0.717) is 5.92 Å². The van der Waals surface area contributed by atoms with Gasteiger partial charge >= 0.3 is 0 Å². The minimum atomic E-state index is 0.494. The maximum atomic E-state index is 4.83. The van der Waals surface area contributed by atoms with Gasteiger partial charge in [0.1, 0.15) is 5.71 Å². The standard InChI is InChI=1S/C27H34N6/c1-7-19(3)20(4)17-33-21(5)9-10-24(30-33)25-15-22(6)32-18-26(28-16-27(32)29-25)23-11-13-31(8-2)14-12-23/h9-11,15-19H,5-8,12-14H2,1-4H3/b20-17-. The molecule has 6 nitrogen and oxygen atoms in total. The predicted octanol–water partition coefficient (Wildman–Crippen LogP) is 5.37. The number of hydrogen-bond acceptors (Lipinski definition) is 6. The molecule has 172 valence electrons. The van der Waals surface area contributed by atoms with Crippen LogP contribution in [0.25, 0.3) is 0 Å². The summed E-state index contributed by atoms with van der Waals surface area (Å²) < 4.78 is 0. The predicted molar refractivity (Wildman–Crippen MR) is 139 cm³/mol. The fourth-order valence-corrected chi connectivity index (χ4v) is 3.99. The quantitative estimate of drug-likeness (QED) is 0.556. The SMILES string of the molecule is C=C1C=CC(C2=CC(=C)N3C=C(C4=CCN(CC)CC4)N=CC3=N2)=NN1/C=C(/C)C(C)CC. The molecule has 1 atom stereocenters. The number of hydrazone groups is 1. The van der Waals surface area contributed by atoms with Gasteiger partial charge in [-0.2, -0.15) is 5.10 Å². The highest BCUT2D eigenvalue weighted by Gasteiger charge is 2.24. The first-order valence-corrected chi connectivity index (χ1v) is 11.8. The second-order valence-electron chi connectivity index (χ2n) is 8.84. The Bertz CT molecular complexity index is 1090. The van der Waals surface area contributed by atoms with Gasteiger partial charge in [0, 0.05) is 31.2 Å². The second kappa shape index (κ2) is 9.71. The third kappa shape index (κ3) is 4.91. The lowest BCUT2D eigenvalue weighted by Crippen LogP contribution is -2.33. The van der Waals surface area contributed by atoms with Crippen molar-refractivity contribution in [3.63, 3.8) is 0 Å². The molecule has 0 saturated carbocycles. The Balaban J connectivity index is 1.55. The molecule has 0 saturated heterocycles. The second-order valence-corrected chi connectivity index (χ2v) is 8.84. The van der Waals surface area contributed by atoms with Crippen LogP contribution in [0.3, 0.4) is 0 Å². The van der Waals surface area contributed by atoms with E-state index in [-0.39, 0.29) is 0 Å². The molecule has 0 amide bonds. The zero-order chi connectivity index (χ0) is 23.5. The maximum absolute atomic E-state index is 4.83. The van der Waals surface area contributed by atoms with Crippen LogP contribution in [-0.2, 0) is 0 Å². The Morgan fingerprint density at radius 1 is 1.18 bits per heavy atom. The number of rotatable bonds is 6. The van der Waals surface area contributed by atoms with Crippen LogP contribution < -0.4 is 0 Å². The molecule has 0 bridgehead atoms. The number of amidine groups is 1. The van der Waals surface area contributed by atoms with Crippen LogP contribution >= 0.6 is 0 Å². The van der Waals surface area contributed by atoms with Crippen molar-refractivity contribution in [1.29, 1.82) is 0 Å². The summed E-state index contributed by atoms with van der Waals surface area (Å²) >= 11 is 0. The van der Waals surface area contributed by atoms with Crippen LogP contribution in [0, 0.1) is 5.92 Å². The van der Waals surface area contributed by atoms with Gasteiger partial charge in [-0.1, -0.05) is 45.6 Å². The smallest absolute Gasteiger partial charge is 0.156 e. The van der Waals surface area contributed by atoms with Crippen molar-refractivity contribution < 1.29 is 0 Å². The number of hydrogen-bond donors (Lipinski definition) is 0. The Morgan fingerprint density at radius 2 is 2.00 bits per heavy atom. The minimum absolute atomic E-state index is 0.494. The molecular weight excluding hydrogens is 408 g/mol. The molecule has 0 aromatic rings. The summed E-state index contributed by atoms with van der Waals surface area (Å²) in [7, 11) is 0. The van der Waals surface area contributed by atoms with Crippen molar-refractivity contribution >= 4 is 17.8 Å². The van der Waals surface area contributed by atoms with E-state index in [0.717, 1.165) is 66.8 Å². The topological polar surface area (TPSA) is 46.8 Å². The van der Waals surface area contributed by atoms with Gasteiger partial charge in [0.15, 0.2) is 5.84 Å². The van der Waals surface area contributed by atoms with E-state index < -0.39 is 0 Å². The molecule has 4 heterocycles. The largest absolute Gasteiger partial charge is 0.300 e. The average Bonchev–Trinajstić information content (AvgIpc) is 2.84. The van der Waals surface area contributed by atoms with Crippen molar-refractivity contribution in [2.24, 2.45) is 21.0 Å². The van der Waals surface area contributed by atoms with Crippen LogP contribution in [0.15, 0.2) is 98.9 Å². The molecule has 0 spiro atoms. The van der Waals surface area contributed by atoms with Crippen molar-refractivity contribution in [3.8, 4) is 0 Å². The fraction of sp³-hybridized carbons (Fsp3) is 0.370. The summed E-state index contributed by atoms with van der Waals surface area (Å²) in [5.41, 5.74) is 6.78. The van der Waals surface area contributed by atoms with Gasteiger partial charge < -0.3 is 0 Å². The van der Waals surface area contributed by atoms with E-state index >= 15 is 0 Å². The van der Waals surface area contributed by atoms with Gasteiger partial charge in [-0.15, -0.1) is 0 Å². The monoisotopic (exact) mass is 442 g/mol. The molecule has 0 aliphatic carbocycles. The van der Waals surface area contributed by atoms with Crippen molar-refractivity contribution in [2.45, 2.75) is 40.5 Å². The third-order valence-electron chi connectivity index (χ3n) is 6.66. The first-order valence-electron chi connectivity index (χ1n) is 11.8. The summed E-state index contributed by atoms with van der Waals surface area (Å²) in [5, 5.41) is 6.64. The van der Waals surface area contributed by atoms with Crippen LogP contribution in [0.2, 0.25) is 0 Å². The Morgan fingerprint density at radius 3 is 2.70 bits per heavy atom. The van der Waals surface area contributed by atoms with Gasteiger partial charge in [-0.25, -0.2) is 10.0 Å². The van der Waals surface area contributed by atoms with E-state index in [1.54, 1.807) is 0 Å². The normalized spacial score (nSPS) is 22.4. The lowest BCUT2D eigenvalue weighted by atomic mass is 10.0. The lowest BCUT2D eigenvalue weighted by molar-refractivity contribution is 0.311. The van der Waals surface area contributed by atoms with E-state index in [1.165, 1.54) is 11.1 Å². The molecule has 33 heavy (non-hydrogen) atoms. The molecule has 0 fully saturated rings. The zero-order valence-electron chi connectivity index (χ0n) is 20.3. The number of allylic oxidation sites excluding steroid dienone is 5. The zero-order valence-corrected chi connectivity index (χ0v) is 20.3. The highest BCUT2D eigenvalue weighted by molar-refractivity contribution is 6.32. The Kier molecular flexibility index (Phi) is 6.75. The van der Waals surface area contributed by atoms with Crippen LogP contribution in [0.4, 0.5) is 0 Å². The van der Waals surface area contributed by atoms with Crippen LogP contribution in [0.1, 0.15) is 40.5 Å². The molecule has 4 rings (SSSR count). The van der Waals surface area contributed by atoms with Crippen molar-refractivity contribution in [3.05, 3.63) is 83.8 Å². The molecule has 1 unspecified atom stereocenters. The minimum Gasteiger partial charge on any atom is -0.300 e. The third-order valence-corrected chi connectivity index (χ3v) is 6.66. The van der Waals surface area contributed by atoms with E-state index in [1.807, 2.05) is 40.6 Å². The molecular formula is C27H34N6. The van der Waals surface area contributed by atoms with Gasteiger partial charge in [-0.3, -0.25) is 14.8 Å². The van der Waals surface area contributed by atoms with Crippen LogP contribution in [0.5, 0.6) is 0 Å². The number of nitrogens with zero attached hydrogens (tertiary/aromatic N) is 6. The van der Waals surface area contributed by atoms with Gasteiger partial charge in [0.25, 0.3) is 0 Å². The Labute approximate surface area is 197 Å². The highest BCUT2D eigenvalue weighted by atomic mass is 15.5. The number of fused-ring (bicyclic) bond motifs is 1. The summed E-state index contributed by atoms with van der Waals surface area (Å²) in [6.45, 7) is 20.3. The van der Waals surface area contributed by atoms with Crippen molar-refractivity contribution in [1.82, 2.24) is 14.8 Å². The summed E-state index contributed by atoms with van der Waals surface area (Å²) in [4.78, 5) is 14.0. The molecule has 0 N–H and O–H groups in total. The number of aliphatic imine (C=N–C) groups is 2. The van der Waals surface area contributed by atoms with Gasteiger partial charge in [0.05, 0.1) is 23.3 Å². The maximum Gasteiger partial charge on any atom is 0.156 e. The van der Waals surface area contributed by atoms with Crippen LogP contribution in [-0.4, -0.2) is 52.2 Å². The molecule has 0 aromatic heterocycles. The average molecular weight is 443 g/mol. The van der Waals surface area contributed by atoms with Gasteiger partial charge in [-0.05, 0) is 56.0 Å². The lowest BCUT2D eigenvalue weighted by Gasteiger charge is -2.31. The summed E-state index contributed by atoms with van der Waals surface area (Å²) in [5.74, 6) is 1.25.